The van der Waals surface area contributed by atoms with Gasteiger partial charge in [0.15, 0.2) is 0 Å². The van der Waals surface area contributed by atoms with Gasteiger partial charge in [0.2, 0.25) is 11.9 Å². The highest BCUT2D eigenvalue weighted by Crippen LogP contribution is 2.23. The minimum Gasteiger partial charge on any atom is -0.496 e. The molecule has 7 heteroatoms. The summed E-state index contributed by atoms with van der Waals surface area (Å²) in [7, 11) is 1.59. The van der Waals surface area contributed by atoms with Gasteiger partial charge in [0.1, 0.15) is 5.75 Å². The molecule has 1 aliphatic heterocycles. The summed E-state index contributed by atoms with van der Waals surface area (Å²) in [6.07, 6.45) is 5.03. The molecule has 2 aromatic rings. The predicted octanol–water partition coefficient (Wildman–Crippen LogP) is 1.18. The zero-order valence-electron chi connectivity index (χ0n) is 14.9. The molecule has 1 saturated heterocycles. The Labute approximate surface area is 153 Å². The fraction of sp³-hybridized carbons (Fsp3) is 0.421. The number of benzene rings is 1. The first kappa shape index (κ1) is 18.1. The maximum absolute atomic E-state index is 12.3. The maximum Gasteiger partial charge on any atom is 0.225 e. The second-order valence-electron chi connectivity index (χ2n) is 6.56. The Morgan fingerprint density at radius 2 is 2.08 bits per heavy atom. The van der Waals surface area contributed by atoms with Crippen molar-refractivity contribution in [2.75, 3.05) is 31.6 Å². The van der Waals surface area contributed by atoms with E-state index in [2.05, 4.69) is 15.3 Å². The van der Waals surface area contributed by atoms with E-state index in [0.29, 0.717) is 24.7 Å². The molecular formula is C19H24N4O3. The zero-order chi connectivity index (χ0) is 18.4. The van der Waals surface area contributed by atoms with Gasteiger partial charge < -0.3 is 20.1 Å². The lowest BCUT2D eigenvalue weighted by molar-refractivity contribution is -0.121. The minimum atomic E-state index is -0.992. The molecule has 7 nitrogen and oxygen atoms in total. The molecule has 2 heterocycles. The molecule has 2 N–H and O–H groups in total. The molecule has 0 radical (unpaired) electrons. The largest absolute Gasteiger partial charge is 0.496 e. The first-order chi connectivity index (χ1) is 12.6. The van der Waals surface area contributed by atoms with Crippen LogP contribution in [0, 0.1) is 0 Å². The quantitative estimate of drug-likeness (QED) is 0.808. The number of hydrogen-bond acceptors (Lipinski definition) is 6. The first-order valence-corrected chi connectivity index (χ1v) is 8.73. The van der Waals surface area contributed by atoms with Crippen LogP contribution in [0.15, 0.2) is 42.7 Å². The Kier molecular flexibility index (Phi) is 5.68. The number of nitrogens with one attached hydrogen (secondary N) is 1. The molecule has 138 valence electrons. The molecule has 0 spiro atoms. The second-order valence-corrected chi connectivity index (χ2v) is 6.56. The highest BCUT2D eigenvalue weighted by atomic mass is 16.5. The average Bonchev–Trinajstić information content (AvgIpc) is 2.68. The van der Waals surface area contributed by atoms with Crippen molar-refractivity contribution >= 4 is 11.9 Å². The standard InChI is InChI=1S/C19H24N4O3/c1-26-16-7-3-2-6-15(16)12-17(24)22-13-19(25)8-4-11-23(14-19)18-20-9-5-10-21-18/h2-3,5-7,9-10,25H,4,8,11-14H2,1H3,(H,22,24)/t19-/m0/s1. The molecule has 1 aliphatic rings. The number of amides is 1. The molecule has 0 aliphatic carbocycles. The maximum atomic E-state index is 12.3. The van der Waals surface area contributed by atoms with Gasteiger partial charge in [-0.05, 0) is 25.0 Å². The number of nitrogens with zero attached hydrogens (tertiary/aromatic N) is 3. The van der Waals surface area contributed by atoms with Gasteiger partial charge in [-0.2, -0.15) is 0 Å². The van der Waals surface area contributed by atoms with E-state index in [1.165, 1.54) is 0 Å². The van der Waals surface area contributed by atoms with Gasteiger partial charge in [0.05, 0.1) is 25.7 Å². The molecule has 3 rings (SSSR count). The molecular weight excluding hydrogens is 332 g/mol. The van der Waals surface area contributed by atoms with Crippen molar-refractivity contribution in [3.8, 4) is 5.75 Å². The third kappa shape index (κ3) is 4.49. The van der Waals surface area contributed by atoms with Crippen molar-refractivity contribution < 1.29 is 14.6 Å². The molecule has 0 saturated carbocycles. The predicted molar refractivity (Wildman–Crippen MR) is 98.1 cm³/mol. The van der Waals surface area contributed by atoms with Gasteiger partial charge in [-0.25, -0.2) is 9.97 Å². The van der Waals surface area contributed by atoms with Gasteiger partial charge in [-0.1, -0.05) is 18.2 Å². The monoisotopic (exact) mass is 356 g/mol. The number of carbonyl (C=O) groups is 1. The van der Waals surface area contributed by atoms with Crippen molar-refractivity contribution in [3.63, 3.8) is 0 Å². The molecule has 1 atom stereocenters. The zero-order valence-corrected chi connectivity index (χ0v) is 14.9. The van der Waals surface area contributed by atoms with Gasteiger partial charge >= 0.3 is 0 Å². The Balaban J connectivity index is 1.57. The second kappa shape index (κ2) is 8.14. The third-order valence-electron chi connectivity index (χ3n) is 4.55. The first-order valence-electron chi connectivity index (χ1n) is 8.73. The van der Waals surface area contributed by atoms with Crippen molar-refractivity contribution in [1.82, 2.24) is 15.3 Å². The third-order valence-corrected chi connectivity index (χ3v) is 4.55. The van der Waals surface area contributed by atoms with Gasteiger partial charge in [-0.15, -0.1) is 0 Å². The lowest BCUT2D eigenvalue weighted by atomic mass is 9.93. The number of aromatic nitrogens is 2. The Hall–Kier alpha value is -2.67. The number of ether oxygens (including phenoxy) is 1. The summed E-state index contributed by atoms with van der Waals surface area (Å²) >= 11 is 0. The number of carbonyl (C=O) groups excluding carboxylic acids is 1. The van der Waals surface area contributed by atoms with Crippen molar-refractivity contribution in [1.29, 1.82) is 0 Å². The van der Waals surface area contributed by atoms with Gasteiger partial charge in [0, 0.05) is 31.0 Å². The summed E-state index contributed by atoms with van der Waals surface area (Å²) < 4.78 is 5.27. The molecule has 0 unspecified atom stereocenters. The van der Waals surface area contributed by atoms with Crippen LogP contribution < -0.4 is 15.0 Å². The number of methoxy groups -OCH3 is 1. The van der Waals surface area contributed by atoms with Crippen LogP contribution in [0.25, 0.3) is 0 Å². The summed E-state index contributed by atoms with van der Waals surface area (Å²) in [6, 6.07) is 9.19. The number of para-hydroxylation sites is 1. The molecule has 1 fully saturated rings. The van der Waals surface area contributed by atoms with Crippen molar-refractivity contribution in [2.24, 2.45) is 0 Å². The molecule has 0 bridgehead atoms. The van der Waals surface area contributed by atoms with Gasteiger partial charge in [0.25, 0.3) is 0 Å². The van der Waals surface area contributed by atoms with Crippen LogP contribution in [0.5, 0.6) is 5.75 Å². The summed E-state index contributed by atoms with van der Waals surface area (Å²) in [6.45, 7) is 1.39. The Morgan fingerprint density at radius 3 is 2.85 bits per heavy atom. The molecule has 26 heavy (non-hydrogen) atoms. The highest BCUT2D eigenvalue weighted by molar-refractivity contribution is 5.79. The summed E-state index contributed by atoms with van der Waals surface area (Å²) in [4.78, 5) is 22.7. The van der Waals surface area contributed by atoms with Gasteiger partial charge in [-0.3, -0.25) is 4.79 Å². The van der Waals surface area contributed by atoms with E-state index in [4.69, 9.17) is 4.74 Å². The van der Waals surface area contributed by atoms with Crippen molar-refractivity contribution in [2.45, 2.75) is 24.9 Å². The smallest absolute Gasteiger partial charge is 0.225 e. The lowest BCUT2D eigenvalue weighted by Crippen LogP contribution is -2.54. The van der Waals surface area contributed by atoms with E-state index in [9.17, 15) is 9.90 Å². The average molecular weight is 356 g/mol. The normalized spacial score (nSPS) is 19.8. The van der Waals surface area contributed by atoms with E-state index >= 15 is 0 Å². The van der Waals surface area contributed by atoms with E-state index in [1.54, 1.807) is 25.6 Å². The number of aliphatic hydroxyl groups is 1. The molecule has 1 aromatic carbocycles. The van der Waals surface area contributed by atoms with E-state index in [-0.39, 0.29) is 18.9 Å². The van der Waals surface area contributed by atoms with Crippen LogP contribution in [-0.4, -0.2) is 53.3 Å². The highest BCUT2D eigenvalue weighted by Gasteiger charge is 2.34. The van der Waals surface area contributed by atoms with Crippen LogP contribution in [-0.2, 0) is 11.2 Å². The van der Waals surface area contributed by atoms with Crippen LogP contribution in [0.3, 0.4) is 0 Å². The summed E-state index contributed by atoms with van der Waals surface area (Å²) in [5.41, 5.74) is -0.170. The molecule has 1 aromatic heterocycles. The number of piperidine rings is 1. The van der Waals surface area contributed by atoms with Crippen molar-refractivity contribution in [3.05, 3.63) is 48.3 Å². The number of rotatable bonds is 6. The van der Waals surface area contributed by atoms with E-state index in [0.717, 1.165) is 18.5 Å². The fourth-order valence-corrected chi connectivity index (χ4v) is 3.23. The Bertz CT molecular complexity index is 741. The topological polar surface area (TPSA) is 87.6 Å². The Morgan fingerprint density at radius 1 is 1.31 bits per heavy atom. The lowest BCUT2D eigenvalue weighted by Gasteiger charge is -2.39. The van der Waals surface area contributed by atoms with Crippen LogP contribution in [0.4, 0.5) is 5.95 Å². The fourth-order valence-electron chi connectivity index (χ4n) is 3.23. The van der Waals surface area contributed by atoms with Crippen LogP contribution in [0.2, 0.25) is 0 Å². The summed E-state index contributed by atoms with van der Waals surface area (Å²) in [5, 5.41) is 13.7. The molecule has 1 amide bonds. The summed E-state index contributed by atoms with van der Waals surface area (Å²) in [5.74, 6) is 1.15. The number of hydrogen-bond donors (Lipinski definition) is 2. The van der Waals surface area contributed by atoms with E-state index in [1.807, 2.05) is 29.2 Å². The van der Waals surface area contributed by atoms with Crippen LogP contribution >= 0.6 is 0 Å². The number of β-amino-alcohol motifs (C(OH)–C–C–N with tert-alkyl or cyclic N) is 1. The van der Waals surface area contributed by atoms with Crippen LogP contribution in [0.1, 0.15) is 18.4 Å². The van der Waals surface area contributed by atoms with E-state index < -0.39 is 5.60 Å². The SMILES string of the molecule is COc1ccccc1CC(=O)NC[C@@]1(O)CCCN(c2ncccn2)C1. The number of anilines is 1. The minimum absolute atomic E-state index is 0.143.